The second kappa shape index (κ2) is 10.8. The molecule has 0 aliphatic carbocycles. The van der Waals surface area contributed by atoms with Gasteiger partial charge in [0.25, 0.3) is 5.91 Å². The van der Waals surface area contributed by atoms with Crippen LogP contribution in [0.4, 0.5) is 11.4 Å². The Hall–Kier alpha value is -3.04. The highest BCUT2D eigenvalue weighted by Crippen LogP contribution is 2.40. The van der Waals surface area contributed by atoms with Crippen molar-refractivity contribution >= 4 is 46.3 Å². The summed E-state index contributed by atoms with van der Waals surface area (Å²) in [5.41, 5.74) is 0.339. The van der Waals surface area contributed by atoms with Gasteiger partial charge in [-0.3, -0.25) is 9.59 Å². The first-order valence-electron chi connectivity index (χ1n) is 8.80. The molecule has 1 amide bonds. The summed E-state index contributed by atoms with van der Waals surface area (Å²) in [6.45, 7) is 1.21. The van der Waals surface area contributed by atoms with Crippen LogP contribution in [0.25, 0.3) is 0 Å². The number of ketones is 1. The molecule has 0 spiro atoms. The highest BCUT2D eigenvalue weighted by molar-refractivity contribution is 6.33. The molecule has 0 radical (unpaired) electrons. The fraction of sp³-hybridized carbons (Fsp3) is 0.300. The van der Waals surface area contributed by atoms with E-state index in [2.05, 4.69) is 15.5 Å². The van der Waals surface area contributed by atoms with E-state index in [0.717, 1.165) is 0 Å². The molecular formula is C20H21Cl2N3O6. The number of benzene rings is 2. The molecule has 0 heterocycles. The van der Waals surface area contributed by atoms with Crippen LogP contribution in [-0.4, -0.2) is 46.2 Å². The number of hydrogen-bond donors (Lipinski definition) is 1. The molecule has 2 aromatic carbocycles. The molecule has 2 rings (SSSR count). The number of nitrogens with zero attached hydrogens (tertiary/aromatic N) is 2. The number of Topliss-reactive ketones (excluding diaryl/α,β-unsaturated/α-hetero) is 1. The van der Waals surface area contributed by atoms with Crippen LogP contribution in [0.3, 0.4) is 0 Å². The summed E-state index contributed by atoms with van der Waals surface area (Å²) in [4.78, 5) is 24.9. The number of nitrogens with one attached hydrogen (secondary N) is 1. The van der Waals surface area contributed by atoms with Gasteiger partial charge in [-0.05, 0) is 6.92 Å². The van der Waals surface area contributed by atoms with E-state index in [-0.39, 0.29) is 33.6 Å². The van der Waals surface area contributed by atoms with Crippen LogP contribution in [0.5, 0.6) is 23.0 Å². The predicted molar refractivity (Wildman–Crippen MR) is 117 cm³/mol. The Balaban J connectivity index is 2.39. The first-order chi connectivity index (χ1) is 14.7. The fourth-order valence-electron chi connectivity index (χ4n) is 2.55. The van der Waals surface area contributed by atoms with Gasteiger partial charge in [-0.15, -0.1) is 5.11 Å². The van der Waals surface area contributed by atoms with Crippen molar-refractivity contribution in [2.24, 2.45) is 10.2 Å². The largest absolute Gasteiger partial charge is 0.497 e. The Kier molecular flexibility index (Phi) is 8.47. The minimum absolute atomic E-state index is 0.144. The van der Waals surface area contributed by atoms with E-state index in [1.54, 1.807) is 6.07 Å². The van der Waals surface area contributed by atoms with Crippen LogP contribution in [0.15, 0.2) is 34.5 Å². The van der Waals surface area contributed by atoms with Crippen LogP contribution in [-0.2, 0) is 9.59 Å². The third-order valence-electron chi connectivity index (χ3n) is 4.08. The van der Waals surface area contributed by atoms with E-state index < -0.39 is 17.7 Å². The maximum atomic E-state index is 12.8. The van der Waals surface area contributed by atoms with Gasteiger partial charge in [-0.1, -0.05) is 23.2 Å². The van der Waals surface area contributed by atoms with E-state index in [1.165, 1.54) is 53.6 Å². The lowest BCUT2D eigenvalue weighted by Crippen LogP contribution is -2.32. The number of halogens is 2. The molecule has 0 saturated carbocycles. The smallest absolute Gasteiger partial charge is 0.259 e. The number of methoxy groups -OCH3 is 4. The zero-order valence-corrected chi connectivity index (χ0v) is 19.0. The standard InChI is InChI=1S/C20H21Cl2N3O6/c1-10(26)17(24-25-18-13(22)8-12(28-2)9-16(18)31-5)20(27)23-19-14(29-3)6-11(21)7-15(19)30-4/h6-9,17H,1-5H3,(H,23,27). The number of hydrogen-bond acceptors (Lipinski definition) is 8. The third-order valence-corrected chi connectivity index (χ3v) is 4.59. The molecule has 31 heavy (non-hydrogen) atoms. The third kappa shape index (κ3) is 5.77. The average molecular weight is 470 g/mol. The van der Waals surface area contributed by atoms with E-state index in [9.17, 15) is 9.59 Å². The zero-order chi connectivity index (χ0) is 23.1. The summed E-state index contributed by atoms with van der Waals surface area (Å²) in [6, 6.07) is 4.57. The van der Waals surface area contributed by atoms with Gasteiger partial charge in [0.2, 0.25) is 6.04 Å². The van der Waals surface area contributed by atoms with Crippen molar-refractivity contribution in [1.29, 1.82) is 0 Å². The van der Waals surface area contributed by atoms with Crippen molar-refractivity contribution in [3.05, 3.63) is 34.3 Å². The molecule has 2 aromatic rings. The molecular weight excluding hydrogens is 449 g/mol. The summed E-state index contributed by atoms with van der Waals surface area (Å²) in [7, 11) is 5.70. The molecule has 0 aliphatic rings. The summed E-state index contributed by atoms with van der Waals surface area (Å²) < 4.78 is 20.9. The summed E-state index contributed by atoms with van der Waals surface area (Å²) >= 11 is 12.2. The summed E-state index contributed by atoms with van der Waals surface area (Å²) in [5, 5.41) is 11.0. The summed E-state index contributed by atoms with van der Waals surface area (Å²) in [5.74, 6) is -0.0930. The van der Waals surface area contributed by atoms with Crippen LogP contribution < -0.4 is 24.3 Å². The van der Waals surface area contributed by atoms with E-state index in [0.29, 0.717) is 10.8 Å². The van der Waals surface area contributed by atoms with E-state index in [1.807, 2.05) is 0 Å². The second-order valence-corrected chi connectivity index (χ2v) is 6.91. The maximum Gasteiger partial charge on any atom is 0.259 e. The zero-order valence-electron chi connectivity index (χ0n) is 17.5. The number of carbonyl (C=O) groups excluding carboxylic acids is 2. The number of ether oxygens (including phenoxy) is 4. The lowest BCUT2D eigenvalue weighted by molar-refractivity contribution is -0.126. The molecule has 1 unspecified atom stereocenters. The highest BCUT2D eigenvalue weighted by Gasteiger charge is 2.26. The first-order valence-corrected chi connectivity index (χ1v) is 9.56. The summed E-state index contributed by atoms with van der Waals surface area (Å²) in [6.07, 6.45) is 0. The van der Waals surface area contributed by atoms with Crippen molar-refractivity contribution in [2.75, 3.05) is 33.8 Å². The Morgan fingerprint density at radius 1 is 0.903 bits per heavy atom. The minimum atomic E-state index is -1.46. The Morgan fingerprint density at radius 3 is 1.97 bits per heavy atom. The van der Waals surface area contributed by atoms with Crippen molar-refractivity contribution in [3.8, 4) is 23.0 Å². The van der Waals surface area contributed by atoms with Crippen LogP contribution >= 0.6 is 23.2 Å². The monoisotopic (exact) mass is 469 g/mol. The number of carbonyl (C=O) groups is 2. The van der Waals surface area contributed by atoms with Gasteiger partial charge in [-0.25, -0.2) is 0 Å². The van der Waals surface area contributed by atoms with Crippen molar-refractivity contribution in [2.45, 2.75) is 13.0 Å². The van der Waals surface area contributed by atoms with Gasteiger partial charge < -0.3 is 24.3 Å². The van der Waals surface area contributed by atoms with E-state index in [4.69, 9.17) is 42.1 Å². The SMILES string of the molecule is COc1cc(Cl)c(N=NC(C(C)=O)C(=O)Nc2c(OC)cc(Cl)cc2OC)c(OC)c1. The molecule has 1 atom stereocenters. The van der Waals surface area contributed by atoms with Crippen LogP contribution in [0.1, 0.15) is 6.92 Å². The van der Waals surface area contributed by atoms with Crippen molar-refractivity contribution < 1.29 is 28.5 Å². The van der Waals surface area contributed by atoms with Gasteiger partial charge in [0.1, 0.15) is 28.6 Å². The average Bonchev–Trinajstić information content (AvgIpc) is 2.74. The molecule has 9 nitrogen and oxygen atoms in total. The Morgan fingerprint density at radius 2 is 1.48 bits per heavy atom. The quantitative estimate of drug-likeness (QED) is 0.420. The number of anilines is 1. The maximum absolute atomic E-state index is 12.8. The fourth-order valence-corrected chi connectivity index (χ4v) is 2.99. The highest BCUT2D eigenvalue weighted by atomic mass is 35.5. The van der Waals surface area contributed by atoms with Gasteiger partial charge in [-0.2, -0.15) is 5.11 Å². The van der Waals surface area contributed by atoms with E-state index >= 15 is 0 Å². The molecule has 0 aromatic heterocycles. The number of azo groups is 1. The minimum Gasteiger partial charge on any atom is -0.497 e. The second-order valence-electron chi connectivity index (χ2n) is 6.06. The number of rotatable bonds is 9. The Bertz CT molecular complexity index is 988. The predicted octanol–water partition coefficient (Wildman–Crippen LogP) is 4.71. The lowest BCUT2D eigenvalue weighted by Gasteiger charge is -2.16. The Labute approximate surface area is 189 Å². The van der Waals surface area contributed by atoms with Gasteiger partial charge in [0.15, 0.2) is 11.5 Å². The molecule has 1 N–H and O–H groups in total. The molecule has 0 bridgehead atoms. The van der Waals surface area contributed by atoms with Crippen LogP contribution in [0.2, 0.25) is 10.0 Å². The van der Waals surface area contributed by atoms with Crippen molar-refractivity contribution in [3.63, 3.8) is 0 Å². The van der Waals surface area contributed by atoms with Gasteiger partial charge in [0, 0.05) is 29.3 Å². The molecule has 0 aliphatic heterocycles. The lowest BCUT2D eigenvalue weighted by atomic mass is 10.2. The van der Waals surface area contributed by atoms with Crippen molar-refractivity contribution in [1.82, 2.24) is 0 Å². The normalized spacial score (nSPS) is 11.7. The molecule has 0 fully saturated rings. The topological polar surface area (TPSA) is 108 Å². The molecule has 166 valence electrons. The first kappa shape index (κ1) is 24.2. The van der Waals surface area contributed by atoms with Gasteiger partial charge >= 0.3 is 0 Å². The molecule has 0 saturated heterocycles. The molecule has 11 heteroatoms. The number of amides is 1. The van der Waals surface area contributed by atoms with Crippen LogP contribution in [0, 0.1) is 0 Å². The van der Waals surface area contributed by atoms with Gasteiger partial charge in [0.05, 0.1) is 33.5 Å².